The number of imidazole rings is 1. The van der Waals surface area contributed by atoms with Crippen LogP contribution in [0.5, 0.6) is 0 Å². The van der Waals surface area contributed by atoms with Crippen molar-refractivity contribution in [2.24, 2.45) is 0 Å². The topological polar surface area (TPSA) is 36.3 Å². The van der Waals surface area contributed by atoms with Crippen molar-refractivity contribution >= 4 is 34.2 Å². The smallest absolute Gasteiger partial charge is 0.127 e. The van der Waals surface area contributed by atoms with Crippen LogP contribution in [0.4, 0.5) is 0 Å². The minimum absolute atomic E-state index is 0.183. The van der Waals surface area contributed by atoms with Gasteiger partial charge < -0.3 is 14.0 Å². The molecule has 0 spiro atoms. The Morgan fingerprint density at radius 1 is 1.30 bits per heavy atom. The molecule has 110 valence electrons. The Labute approximate surface area is 128 Å². The molecular formula is C14H18Cl2N2O2. The normalized spacial score (nSPS) is 13.0. The van der Waals surface area contributed by atoms with Gasteiger partial charge in [-0.3, -0.25) is 0 Å². The Morgan fingerprint density at radius 3 is 2.80 bits per heavy atom. The summed E-state index contributed by atoms with van der Waals surface area (Å²) in [6, 6.07) is 5.68. The average Bonchev–Trinajstić information content (AvgIpc) is 2.79. The van der Waals surface area contributed by atoms with E-state index in [-0.39, 0.29) is 5.38 Å². The molecule has 0 saturated heterocycles. The quantitative estimate of drug-likeness (QED) is 0.578. The monoisotopic (exact) mass is 316 g/mol. The third kappa shape index (κ3) is 3.44. The summed E-state index contributed by atoms with van der Waals surface area (Å²) in [4.78, 5) is 4.55. The van der Waals surface area contributed by atoms with Gasteiger partial charge in [0.15, 0.2) is 0 Å². The zero-order valence-corrected chi connectivity index (χ0v) is 13.1. The van der Waals surface area contributed by atoms with E-state index >= 15 is 0 Å². The first-order chi connectivity index (χ1) is 9.65. The molecule has 2 rings (SSSR count). The van der Waals surface area contributed by atoms with Crippen LogP contribution in [-0.2, 0) is 16.0 Å². The number of halogens is 2. The van der Waals surface area contributed by atoms with Gasteiger partial charge in [0.05, 0.1) is 41.3 Å². The van der Waals surface area contributed by atoms with Crippen LogP contribution in [0.15, 0.2) is 18.2 Å². The number of ether oxygens (including phenoxy) is 2. The molecule has 0 N–H and O–H groups in total. The molecule has 6 heteroatoms. The second-order valence-electron chi connectivity index (χ2n) is 4.45. The summed E-state index contributed by atoms with van der Waals surface area (Å²) in [5.74, 6) is 0.810. The third-order valence-electron chi connectivity index (χ3n) is 2.99. The molecule has 1 heterocycles. The number of rotatable bonds is 7. The zero-order chi connectivity index (χ0) is 14.5. The van der Waals surface area contributed by atoms with E-state index < -0.39 is 0 Å². The van der Waals surface area contributed by atoms with Crippen LogP contribution in [0, 0.1) is 0 Å². The van der Waals surface area contributed by atoms with E-state index in [4.69, 9.17) is 32.7 Å². The van der Waals surface area contributed by atoms with Gasteiger partial charge in [-0.25, -0.2) is 4.98 Å². The molecule has 0 aliphatic carbocycles. The fourth-order valence-corrected chi connectivity index (χ4v) is 2.53. The summed E-state index contributed by atoms with van der Waals surface area (Å²) in [5, 5.41) is 0.493. The predicted octanol–water partition coefficient (Wildman–Crippen LogP) is 3.65. The van der Waals surface area contributed by atoms with Gasteiger partial charge in [0.1, 0.15) is 5.82 Å². The summed E-state index contributed by atoms with van der Waals surface area (Å²) in [5.41, 5.74) is 1.77. The van der Waals surface area contributed by atoms with E-state index in [1.165, 1.54) is 0 Å². The first-order valence-electron chi connectivity index (χ1n) is 6.50. The highest BCUT2D eigenvalue weighted by molar-refractivity contribution is 6.35. The molecule has 0 bridgehead atoms. The predicted molar refractivity (Wildman–Crippen MR) is 81.7 cm³/mol. The number of aromatic nitrogens is 2. The summed E-state index contributed by atoms with van der Waals surface area (Å²) in [6.07, 6.45) is 0. The Kier molecular flexibility index (Phi) is 5.66. The minimum atomic E-state index is -0.183. The van der Waals surface area contributed by atoms with Gasteiger partial charge in [-0.05, 0) is 19.1 Å². The molecule has 2 aromatic rings. The number of benzene rings is 1. The molecule has 0 fully saturated rings. The van der Waals surface area contributed by atoms with Crippen molar-refractivity contribution in [3.8, 4) is 0 Å². The minimum Gasteiger partial charge on any atom is -0.382 e. The van der Waals surface area contributed by atoms with Crippen molar-refractivity contribution in [1.82, 2.24) is 9.55 Å². The number of alkyl halides is 1. The summed E-state index contributed by atoms with van der Waals surface area (Å²) >= 11 is 12.5. The van der Waals surface area contributed by atoms with Crippen LogP contribution in [0.3, 0.4) is 0 Å². The number of hydrogen-bond donors (Lipinski definition) is 0. The van der Waals surface area contributed by atoms with Crippen LogP contribution in [0.2, 0.25) is 5.02 Å². The lowest BCUT2D eigenvalue weighted by Gasteiger charge is -2.11. The molecule has 1 atom stereocenters. The maximum atomic E-state index is 6.28. The zero-order valence-electron chi connectivity index (χ0n) is 11.6. The van der Waals surface area contributed by atoms with Gasteiger partial charge in [-0.2, -0.15) is 0 Å². The summed E-state index contributed by atoms with van der Waals surface area (Å²) in [6.45, 7) is 4.29. The molecule has 20 heavy (non-hydrogen) atoms. The number of nitrogens with zero attached hydrogens (tertiary/aromatic N) is 2. The molecule has 0 saturated carbocycles. The standard InChI is InChI=1S/C14H18Cl2N2O2/c1-10(15)14-17-12-5-3-4-11(16)13(12)18(14)6-7-20-9-8-19-2/h3-5,10H,6-9H2,1-2H3. The van der Waals surface area contributed by atoms with E-state index in [1.54, 1.807) is 7.11 Å². The second-order valence-corrected chi connectivity index (χ2v) is 5.51. The van der Waals surface area contributed by atoms with Crippen LogP contribution < -0.4 is 0 Å². The fraction of sp³-hybridized carbons (Fsp3) is 0.500. The van der Waals surface area contributed by atoms with Crippen molar-refractivity contribution in [2.45, 2.75) is 18.8 Å². The first-order valence-corrected chi connectivity index (χ1v) is 7.32. The molecule has 1 unspecified atom stereocenters. The van der Waals surface area contributed by atoms with Gasteiger partial charge >= 0.3 is 0 Å². The van der Waals surface area contributed by atoms with E-state index in [9.17, 15) is 0 Å². The van der Waals surface area contributed by atoms with E-state index in [0.29, 0.717) is 31.4 Å². The van der Waals surface area contributed by atoms with Gasteiger partial charge in [0.25, 0.3) is 0 Å². The van der Waals surface area contributed by atoms with Crippen LogP contribution in [-0.4, -0.2) is 36.5 Å². The third-order valence-corrected chi connectivity index (χ3v) is 3.49. The lowest BCUT2D eigenvalue weighted by molar-refractivity contribution is 0.0667. The lowest BCUT2D eigenvalue weighted by Crippen LogP contribution is -2.12. The van der Waals surface area contributed by atoms with Crippen molar-refractivity contribution in [2.75, 3.05) is 26.9 Å². The molecule has 0 aliphatic rings. The van der Waals surface area contributed by atoms with Gasteiger partial charge in [0.2, 0.25) is 0 Å². The molecule has 4 nitrogen and oxygen atoms in total. The van der Waals surface area contributed by atoms with Gasteiger partial charge in [-0.15, -0.1) is 11.6 Å². The molecule has 1 aromatic carbocycles. The Balaban J connectivity index is 2.22. The van der Waals surface area contributed by atoms with E-state index in [2.05, 4.69) is 4.98 Å². The first kappa shape index (κ1) is 15.6. The van der Waals surface area contributed by atoms with Crippen LogP contribution >= 0.6 is 23.2 Å². The van der Waals surface area contributed by atoms with Gasteiger partial charge in [-0.1, -0.05) is 17.7 Å². The maximum Gasteiger partial charge on any atom is 0.127 e. The molecule has 1 aromatic heterocycles. The van der Waals surface area contributed by atoms with Crippen molar-refractivity contribution in [3.05, 3.63) is 29.0 Å². The molecule has 0 amide bonds. The van der Waals surface area contributed by atoms with Gasteiger partial charge in [0, 0.05) is 13.7 Å². The lowest BCUT2D eigenvalue weighted by atomic mass is 10.3. The van der Waals surface area contributed by atoms with Crippen molar-refractivity contribution < 1.29 is 9.47 Å². The molecule has 0 aliphatic heterocycles. The Morgan fingerprint density at radius 2 is 2.10 bits per heavy atom. The highest BCUT2D eigenvalue weighted by Crippen LogP contribution is 2.29. The Hall–Kier alpha value is -0.810. The Bertz CT molecular complexity index is 570. The highest BCUT2D eigenvalue weighted by atomic mass is 35.5. The maximum absolute atomic E-state index is 6.28. The average molecular weight is 317 g/mol. The number of methoxy groups -OCH3 is 1. The van der Waals surface area contributed by atoms with Crippen LogP contribution in [0.1, 0.15) is 18.1 Å². The second kappa shape index (κ2) is 7.27. The number of hydrogen-bond acceptors (Lipinski definition) is 3. The number of fused-ring (bicyclic) bond motifs is 1. The highest BCUT2D eigenvalue weighted by Gasteiger charge is 2.16. The van der Waals surface area contributed by atoms with Crippen molar-refractivity contribution in [3.63, 3.8) is 0 Å². The fourth-order valence-electron chi connectivity index (χ4n) is 2.09. The van der Waals surface area contributed by atoms with E-state index in [0.717, 1.165) is 16.9 Å². The SMILES string of the molecule is COCCOCCn1c(C(C)Cl)nc2cccc(Cl)c21. The van der Waals surface area contributed by atoms with Crippen molar-refractivity contribution in [1.29, 1.82) is 0 Å². The molecular weight excluding hydrogens is 299 g/mol. The summed E-state index contributed by atoms with van der Waals surface area (Å²) in [7, 11) is 1.65. The largest absolute Gasteiger partial charge is 0.382 e. The van der Waals surface area contributed by atoms with E-state index in [1.807, 2.05) is 29.7 Å². The molecule has 0 radical (unpaired) electrons. The van der Waals surface area contributed by atoms with Crippen LogP contribution in [0.25, 0.3) is 11.0 Å². The number of para-hydroxylation sites is 1. The summed E-state index contributed by atoms with van der Waals surface area (Å²) < 4.78 is 12.5.